The molecule has 2 rings (SSSR count). The minimum Gasteiger partial charge on any atom is -0.464 e. The zero-order valence-electron chi connectivity index (χ0n) is 13.0. The lowest BCUT2D eigenvalue weighted by molar-refractivity contribution is -0.145. The first-order chi connectivity index (χ1) is 9.42. The number of carbonyl (C=O) groups is 1. The first-order valence-corrected chi connectivity index (χ1v) is 7.49. The second-order valence-corrected chi connectivity index (χ2v) is 6.35. The molecule has 1 aromatic heterocycles. The Balaban J connectivity index is 2.13. The number of hydrogen-bond donors (Lipinski definition) is 1. The van der Waals surface area contributed by atoms with Crippen LogP contribution in [0.2, 0.25) is 0 Å². The van der Waals surface area contributed by atoms with E-state index in [-0.39, 0.29) is 17.4 Å². The maximum atomic E-state index is 12.9. The van der Waals surface area contributed by atoms with Crippen LogP contribution in [0.15, 0.2) is 16.5 Å². The molecule has 1 saturated heterocycles. The Labute approximate surface area is 121 Å². The maximum absolute atomic E-state index is 12.9. The summed E-state index contributed by atoms with van der Waals surface area (Å²) >= 11 is 0. The van der Waals surface area contributed by atoms with E-state index < -0.39 is 0 Å². The van der Waals surface area contributed by atoms with Crippen molar-refractivity contribution in [1.29, 1.82) is 0 Å². The Bertz CT molecular complexity index is 459. The fraction of sp³-hybridized carbons (Fsp3) is 0.688. The van der Waals surface area contributed by atoms with Crippen LogP contribution >= 0.6 is 0 Å². The second kappa shape index (κ2) is 6.00. The van der Waals surface area contributed by atoms with Gasteiger partial charge in [0.15, 0.2) is 0 Å². The van der Waals surface area contributed by atoms with E-state index in [1.807, 2.05) is 24.0 Å². The van der Waals surface area contributed by atoms with Gasteiger partial charge in [0.05, 0.1) is 6.54 Å². The van der Waals surface area contributed by atoms with Crippen LogP contribution in [0.1, 0.15) is 45.1 Å². The third-order valence-electron chi connectivity index (χ3n) is 4.23. The molecule has 0 radical (unpaired) electrons. The molecule has 20 heavy (non-hydrogen) atoms. The topological polar surface area (TPSA) is 45.5 Å². The van der Waals surface area contributed by atoms with Crippen LogP contribution in [-0.4, -0.2) is 29.9 Å². The third-order valence-corrected chi connectivity index (χ3v) is 4.23. The van der Waals surface area contributed by atoms with Crippen LogP contribution in [0.5, 0.6) is 0 Å². The smallest absolute Gasteiger partial charge is 0.229 e. The number of carbonyl (C=O) groups excluding carboxylic acids is 1. The summed E-state index contributed by atoms with van der Waals surface area (Å²) in [7, 11) is 0. The van der Waals surface area contributed by atoms with Gasteiger partial charge in [-0.15, -0.1) is 0 Å². The van der Waals surface area contributed by atoms with Crippen molar-refractivity contribution in [3.05, 3.63) is 23.7 Å². The molecule has 4 nitrogen and oxygen atoms in total. The number of nitrogens with one attached hydrogen (secondary N) is 1. The van der Waals surface area contributed by atoms with E-state index in [1.54, 1.807) is 0 Å². The van der Waals surface area contributed by atoms with Crippen LogP contribution in [0, 0.1) is 12.3 Å². The molecule has 0 spiro atoms. The van der Waals surface area contributed by atoms with E-state index in [0.717, 1.165) is 37.5 Å². The fourth-order valence-corrected chi connectivity index (χ4v) is 2.77. The molecular formula is C16H26N2O2. The molecule has 1 aliphatic rings. The van der Waals surface area contributed by atoms with Gasteiger partial charge in [-0.3, -0.25) is 4.79 Å². The largest absolute Gasteiger partial charge is 0.464 e. The van der Waals surface area contributed by atoms with Gasteiger partial charge in [0.2, 0.25) is 5.91 Å². The molecule has 1 amide bonds. The number of rotatable bonds is 4. The molecule has 1 aromatic rings. The predicted molar refractivity (Wildman–Crippen MR) is 79.3 cm³/mol. The summed E-state index contributed by atoms with van der Waals surface area (Å²) in [6.07, 6.45) is 1.82. The van der Waals surface area contributed by atoms with Crippen molar-refractivity contribution in [3.63, 3.8) is 0 Å². The molecule has 0 saturated carbocycles. The number of nitrogens with zero attached hydrogens (tertiary/aromatic N) is 1. The minimum atomic E-state index is -0.239. The molecule has 0 unspecified atom stereocenters. The van der Waals surface area contributed by atoms with E-state index in [9.17, 15) is 4.79 Å². The zero-order chi connectivity index (χ0) is 14.8. The highest BCUT2D eigenvalue weighted by Gasteiger charge is 2.38. The summed E-state index contributed by atoms with van der Waals surface area (Å²) in [6, 6.07) is 4.09. The van der Waals surface area contributed by atoms with E-state index in [2.05, 4.69) is 26.1 Å². The Morgan fingerprint density at radius 1 is 1.40 bits per heavy atom. The number of furan rings is 1. The molecular weight excluding hydrogens is 252 g/mol. The number of amides is 1. The first kappa shape index (κ1) is 15.1. The van der Waals surface area contributed by atoms with Gasteiger partial charge < -0.3 is 14.6 Å². The van der Waals surface area contributed by atoms with Crippen molar-refractivity contribution in [1.82, 2.24) is 10.2 Å². The van der Waals surface area contributed by atoms with Crippen molar-refractivity contribution in [2.75, 3.05) is 13.1 Å². The molecule has 1 fully saturated rings. The zero-order valence-corrected chi connectivity index (χ0v) is 13.0. The average Bonchev–Trinajstić information content (AvgIpc) is 2.81. The molecule has 0 atom stereocenters. The van der Waals surface area contributed by atoms with Crippen LogP contribution < -0.4 is 5.32 Å². The lowest BCUT2D eigenvalue weighted by atomic mass is 9.79. The van der Waals surface area contributed by atoms with Gasteiger partial charge in [-0.05, 0) is 58.8 Å². The average molecular weight is 278 g/mol. The summed E-state index contributed by atoms with van der Waals surface area (Å²) in [6.45, 7) is 10.6. The fourth-order valence-electron chi connectivity index (χ4n) is 2.77. The standard InChI is InChI=1S/C16H26N2O2/c1-12(2)18(11-14-6-5-13(3)20-14)15(19)16(4)7-9-17-10-8-16/h5-6,12,17H,7-11H2,1-4H3. The van der Waals surface area contributed by atoms with Gasteiger partial charge in [0.25, 0.3) is 0 Å². The van der Waals surface area contributed by atoms with Crippen molar-refractivity contribution < 1.29 is 9.21 Å². The third kappa shape index (κ3) is 3.23. The quantitative estimate of drug-likeness (QED) is 0.921. The lowest BCUT2D eigenvalue weighted by Gasteiger charge is -2.38. The Hall–Kier alpha value is -1.29. The minimum absolute atomic E-state index is 0.180. The van der Waals surface area contributed by atoms with Crippen molar-refractivity contribution in [2.45, 2.75) is 53.1 Å². The molecule has 0 aliphatic carbocycles. The Morgan fingerprint density at radius 3 is 2.55 bits per heavy atom. The molecule has 4 heteroatoms. The van der Waals surface area contributed by atoms with Crippen molar-refractivity contribution >= 4 is 5.91 Å². The monoisotopic (exact) mass is 278 g/mol. The highest BCUT2D eigenvalue weighted by atomic mass is 16.3. The highest BCUT2D eigenvalue weighted by molar-refractivity contribution is 5.82. The molecule has 0 aromatic carbocycles. The van der Waals surface area contributed by atoms with E-state index in [0.29, 0.717) is 6.54 Å². The molecule has 112 valence electrons. The summed E-state index contributed by atoms with van der Waals surface area (Å²) < 4.78 is 5.63. The number of piperidine rings is 1. The van der Waals surface area contributed by atoms with Crippen molar-refractivity contribution in [2.24, 2.45) is 5.41 Å². The Morgan fingerprint density at radius 2 is 2.05 bits per heavy atom. The lowest BCUT2D eigenvalue weighted by Crippen LogP contribution is -2.49. The van der Waals surface area contributed by atoms with Gasteiger partial charge in [0.1, 0.15) is 11.5 Å². The number of aryl methyl sites for hydroxylation is 1. The van der Waals surface area contributed by atoms with Gasteiger partial charge in [-0.2, -0.15) is 0 Å². The summed E-state index contributed by atoms with van der Waals surface area (Å²) in [5.41, 5.74) is -0.239. The summed E-state index contributed by atoms with van der Waals surface area (Å²) in [5, 5.41) is 3.33. The normalized spacial score (nSPS) is 18.2. The van der Waals surface area contributed by atoms with Crippen LogP contribution in [0.25, 0.3) is 0 Å². The maximum Gasteiger partial charge on any atom is 0.229 e. The highest BCUT2D eigenvalue weighted by Crippen LogP contribution is 2.31. The molecule has 1 N–H and O–H groups in total. The SMILES string of the molecule is Cc1ccc(CN(C(=O)C2(C)CCNCC2)C(C)C)o1. The Kier molecular flexibility index (Phi) is 4.53. The summed E-state index contributed by atoms with van der Waals surface area (Å²) in [5.74, 6) is 2.01. The van der Waals surface area contributed by atoms with Gasteiger partial charge in [-0.25, -0.2) is 0 Å². The molecule has 2 heterocycles. The van der Waals surface area contributed by atoms with E-state index in [1.165, 1.54) is 0 Å². The van der Waals surface area contributed by atoms with E-state index >= 15 is 0 Å². The first-order valence-electron chi connectivity index (χ1n) is 7.49. The van der Waals surface area contributed by atoms with Gasteiger partial charge in [-0.1, -0.05) is 6.92 Å². The van der Waals surface area contributed by atoms with Crippen molar-refractivity contribution in [3.8, 4) is 0 Å². The van der Waals surface area contributed by atoms with Gasteiger partial charge in [0, 0.05) is 11.5 Å². The van der Waals surface area contributed by atoms with Crippen LogP contribution in [0.3, 0.4) is 0 Å². The van der Waals surface area contributed by atoms with E-state index in [4.69, 9.17) is 4.42 Å². The predicted octanol–water partition coefficient (Wildman–Crippen LogP) is 2.71. The van der Waals surface area contributed by atoms with Crippen LogP contribution in [0.4, 0.5) is 0 Å². The second-order valence-electron chi connectivity index (χ2n) is 6.35. The van der Waals surface area contributed by atoms with Crippen LogP contribution in [-0.2, 0) is 11.3 Å². The van der Waals surface area contributed by atoms with Gasteiger partial charge >= 0.3 is 0 Å². The number of hydrogen-bond acceptors (Lipinski definition) is 3. The molecule has 1 aliphatic heterocycles. The molecule has 0 bridgehead atoms. The summed E-state index contributed by atoms with van der Waals surface area (Å²) in [4.78, 5) is 14.9.